The maximum atomic E-state index is 12.1. The molecule has 0 aliphatic carbocycles. The van der Waals surface area contributed by atoms with Crippen LogP contribution in [0, 0.1) is 11.8 Å². The Kier molecular flexibility index (Phi) is 6.84. The van der Waals surface area contributed by atoms with E-state index in [1.165, 1.54) is 0 Å². The fourth-order valence-corrected chi connectivity index (χ4v) is 2.19. The second-order valence-electron chi connectivity index (χ2n) is 8.74. The number of carbonyl (C=O) groups excluding carboxylic acids is 2. The first kappa shape index (κ1) is 22.2. The molecule has 2 N–H and O–H groups in total. The molecule has 2 aromatic rings. The van der Waals surface area contributed by atoms with Gasteiger partial charge in [-0.3, -0.25) is 10.2 Å². The molecule has 0 radical (unpaired) electrons. The van der Waals surface area contributed by atoms with Gasteiger partial charge >= 0.3 is 5.97 Å². The molecule has 0 heterocycles. The monoisotopic (exact) mass is 392 g/mol. The fourth-order valence-electron chi connectivity index (χ4n) is 2.19. The van der Waals surface area contributed by atoms with Crippen molar-refractivity contribution in [1.29, 1.82) is 0 Å². The van der Waals surface area contributed by atoms with Gasteiger partial charge in [0.15, 0.2) is 0 Å². The number of rotatable bonds is 3. The van der Waals surface area contributed by atoms with Gasteiger partial charge in [0.2, 0.25) is 0 Å². The number of carbonyl (C=O) groups is 2. The molecule has 0 aliphatic rings. The zero-order valence-corrected chi connectivity index (χ0v) is 17.8. The molecule has 2 aromatic carbocycles. The Morgan fingerprint density at radius 1 is 0.759 bits per heavy atom. The summed E-state index contributed by atoms with van der Waals surface area (Å²) < 4.78 is 5.35. The van der Waals surface area contributed by atoms with Crippen molar-refractivity contribution in [3.63, 3.8) is 0 Å². The lowest BCUT2D eigenvalue weighted by molar-refractivity contribution is 0.00694. The van der Waals surface area contributed by atoms with E-state index < -0.39 is 5.60 Å². The molecule has 0 bridgehead atoms. The second-order valence-corrected chi connectivity index (χ2v) is 8.74. The molecule has 2 rings (SSSR count). The molecule has 0 spiro atoms. The minimum atomic E-state index is -0.526. The number of hydrogen-bond donors (Lipinski definition) is 2. The van der Waals surface area contributed by atoms with E-state index in [0.717, 1.165) is 11.1 Å². The normalized spacial score (nSPS) is 11.2. The van der Waals surface area contributed by atoms with Gasteiger partial charge in [0.05, 0.1) is 5.56 Å². The van der Waals surface area contributed by atoms with Crippen LogP contribution in [0.1, 0.15) is 73.4 Å². The summed E-state index contributed by atoms with van der Waals surface area (Å²) in [5.41, 5.74) is 7.51. The van der Waals surface area contributed by atoms with E-state index >= 15 is 0 Å². The van der Waals surface area contributed by atoms with E-state index in [1.54, 1.807) is 48.5 Å². The maximum absolute atomic E-state index is 12.1. The van der Waals surface area contributed by atoms with E-state index in [0.29, 0.717) is 11.1 Å². The van der Waals surface area contributed by atoms with E-state index in [-0.39, 0.29) is 17.4 Å². The van der Waals surface area contributed by atoms with Crippen LogP contribution in [0.4, 0.5) is 0 Å². The predicted octanol–water partition coefficient (Wildman–Crippen LogP) is 4.07. The molecular formula is C24H28N2O3. The van der Waals surface area contributed by atoms with Crippen LogP contribution < -0.4 is 10.9 Å². The summed E-state index contributed by atoms with van der Waals surface area (Å²) >= 11 is 0. The van der Waals surface area contributed by atoms with Crippen molar-refractivity contribution in [2.75, 3.05) is 0 Å². The van der Waals surface area contributed by atoms with Crippen LogP contribution in [0.15, 0.2) is 48.5 Å². The van der Waals surface area contributed by atoms with Gasteiger partial charge in [-0.1, -0.05) is 11.8 Å². The molecule has 5 nitrogen and oxygen atoms in total. The summed E-state index contributed by atoms with van der Waals surface area (Å²) in [5, 5.41) is 0. The lowest BCUT2D eigenvalue weighted by atomic mass is 10.1. The Morgan fingerprint density at radius 2 is 1.21 bits per heavy atom. The second kappa shape index (κ2) is 8.93. The summed E-state index contributed by atoms with van der Waals surface area (Å²) in [5.74, 6) is 5.56. The van der Waals surface area contributed by atoms with Crippen molar-refractivity contribution in [3.8, 4) is 11.8 Å². The van der Waals surface area contributed by atoms with Crippen molar-refractivity contribution in [2.45, 2.75) is 52.7 Å². The smallest absolute Gasteiger partial charge is 0.338 e. The lowest BCUT2D eigenvalue weighted by Gasteiger charge is -2.20. The average molecular weight is 392 g/mol. The first-order valence-corrected chi connectivity index (χ1v) is 9.46. The Morgan fingerprint density at radius 3 is 1.62 bits per heavy atom. The molecule has 0 aliphatic heterocycles. The van der Waals surface area contributed by atoms with Gasteiger partial charge in [0, 0.05) is 22.2 Å². The minimum Gasteiger partial charge on any atom is -0.456 e. The number of esters is 1. The quantitative estimate of drug-likeness (QED) is 0.469. The Bertz CT molecular complexity index is 920. The molecule has 0 atom stereocenters. The van der Waals surface area contributed by atoms with E-state index in [9.17, 15) is 9.59 Å². The molecule has 5 heteroatoms. The highest BCUT2D eigenvalue weighted by atomic mass is 16.6. The zero-order valence-electron chi connectivity index (χ0n) is 17.8. The Balaban J connectivity index is 2.01. The van der Waals surface area contributed by atoms with E-state index in [1.807, 2.05) is 41.5 Å². The van der Waals surface area contributed by atoms with Crippen molar-refractivity contribution in [2.24, 2.45) is 0 Å². The predicted molar refractivity (Wildman–Crippen MR) is 114 cm³/mol. The van der Waals surface area contributed by atoms with Gasteiger partial charge in [-0.2, -0.15) is 0 Å². The highest BCUT2D eigenvalue weighted by molar-refractivity contribution is 5.94. The summed E-state index contributed by atoms with van der Waals surface area (Å²) in [7, 11) is 0. The third-order valence-corrected chi connectivity index (χ3v) is 3.57. The first-order chi connectivity index (χ1) is 13.4. The zero-order chi connectivity index (χ0) is 21.7. The van der Waals surface area contributed by atoms with Crippen molar-refractivity contribution < 1.29 is 14.3 Å². The summed E-state index contributed by atoms with van der Waals surface area (Å²) in [6.45, 7) is 11.4. The molecular weight excluding hydrogens is 364 g/mol. The Labute approximate surface area is 172 Å². The topological polar surface area (TPSA) is 67.4 Å². The van der Waals surface area contributed by atoms with Gasteiger partial charge in [0.1, 0.15) is 5.60 Å². The van der Waals surface area contributed by atoms with Gasteiger partial charge in [-0.05, 0) is 90.1 Å². The summed E-state index contributed by atoms with van der Waals surface area (Å²) in [6.07, 6.45) is 0. The summed E-state index contributed by atoms with van der Waals surface area (Å²) in [6, 6.07) is 14.0. The highest BCUT2D eigenvalue weighted by Gasteiger charge is 2.17. The van der Waals surface area contributed by atoms with Crippen LogP contribution in [0.5, 0.6) is 0 Å². The standard InChI is InChI=1S/C24H28N2O3/c1-23(2,3)26-25-21(27)19-13-9-17(10-14-19)7-8-18-11-15-20(16-12-18)22(28)29-24(4,5)6/h9-16,26H,1-6H3,(H,25,27). The number of nitrogens with one attached hydrogen (secondary N) is 2. The molecule has 0 aromatic heterocycles. The Hall–Kier alpha value is -3.10. The maximum Gasteiger partial charge on any atom is 0.338 e. The largest absolute Gasteiger partial charge is 0.456 e. The van der Waals surface area contributed by atoms with Crippen LogP contribution in [0.2, 0.25) is 0 Å². The van der Waals surface area contributed by atoms with Gasteiger partial charge in [-0.25, -0.2) is 10.2 Å². The molecule has 29 heavy (non-hydrogen) atoms. The highest BCUT2D eigenvalue weighted by Crippen LogP contribution is 2.13. The van der Waals surface area contributed by atoms with Gasteiger partial charge in [0.25, 0.3) is 5.91 Å². The molecule has 0 saturated carbocycles. The molecule has 0 saturated heterocycles. The lowest BCUT2D eigenvalue weighted by Crippen LogP contribution is -2.48. The van der Waals surface area contributed by atoms with Crippen LogP contribution in [-0.2, 0) is 4.74 Å². The number of hydrazine groups is 1. The third kappa shape index (κ3) is 7.81. The first-order valence-electron chi connectivity index (χ1n) is 9.46. The minimum absolute atomic E-state index is 0.197. The number of amides is 1. The van der Waals surface area contributed by atoms with Crippen molar-refractivity contribution in [3.05, 3.63) is 70.8 Å². The van der Waals surface area contributed by atoms with Gasteiger partial charge < -0.3 is 4.74 Å². The van der Waals surface area contributed by atoms with Crippen molar-refractivity contribution >= 4 is 11.9 Å². The third-order valence-electron chi connectivity index (χ3n) is 3.57. The van der Waals surface area contributed by atoms with Crippen molar-refractivity contribution in [1.82, 2.24) is 10.9 Å². The fraction of sp³-hybridized carbons (Fsp3) is 0.333. The number of benzene rings is 2. The average Bonchev–Trinajstić information content (AvgIpc) is 2.63. The molecule has 152 valence electrons. The van der Waals surface area contributed by atoms with Crippen LogP contribution >= 0.6 is 0 Å². The van der Waals surface area contributed by atoms with Gasteiger partial charge in [-0.15, -0.1) is 0 Å². The van der Waals surface area contributed by atoms with Crippen LogP contribution in [0.25, 0.3) is 0 Å². The number of hydrogen-bond acceptors (Lipinski definition) is 4. The molecule has 1 amide bonds. The number of ether oxygens (including phenoxy) is 1. The molecule has 0 unspecified atom stereocenters. The SMILES string of the molecule is CC(C)(C)NNC(=O)c1ccc(C#Cc2ccc(C(=O)OC(C)(C)C)cc2)cc1. The van der Waals surface area contributed by atoms with Crippen LogP contribution in [-0.4, -0.2) is 23.0 Å². The summed E-state index contributed by atoms with van der Waals surface area (Å²) in [4.78, 5) is 24.2. The van der Waals surface area contributed by atoms with E-state index in [2.05, 4.69) is 22.7 Å². The molecule has 0 fully saturated rings. The van der Waals surface area contributed by atoms with Crippen LogP contribution in [0.3, 0.4) is 0 Å². The van der Waals surface area contributed by atoms with E-state index in [4.69, 9.17) is 4.74 Å².